The fourth-order valence-electron chi connectivity index (χ4n) is 3.27. The van der Waals surface area contributed by atoms with Crippen LogP contribution in [0.5, 0.6) is 0 Å². The Morgan fingerprint density at radius 1 is 1.45 bits per heavy atom. The van der Waals surface area contributed by atoms with E-state index in [0.29, 0.717) is 5.92 Å². The van der Waals surface area contributed by atoms with Gasteiger partial charge in [-0.05, 0) is 25.0 Å². The average Bonchev–Trinajstić information content (AvgIpc) is 3.12. The molecule has 0 aromatic carbocycles. The van der Waals surface area contributed by atoms with Crippen LogP contribution >= 0.6 is 0 Å². The Hall–Kier alpha value is -1.91. The van der Waals surface area contributed by atoms with Gasteiger partial charge in [-0.3, -0.25) is 4.79 Å². The SMILES string of the molecule is CCCn1c([C@H]2CCN(C(=O)C(C)C)C2)nc2cccnc21. The fourth-order valence-corrected chi connectivity index (χ4v) is 3.27. The van der Waals surface area contributed by atoms with Crippen LogP contribution in [0.15, 0.2) is 18.3 Å². The molecule has 1 fully saturated rings. The highest BCUT2D eigenvalue weighted by Gasteiger charge is 2.31. The molecule has 1 atom stereocenters. The number of rotatable bonds is 4. The lowest BCUT2D eigenvalue weighted by Crippen LogP contribution is -2.32. The van der Waals surface area contributed by atoms with Gasteiger partial charge in [-0.25, -0.2) is 9.97 Å². The Morgan fingerprint density at radius 2 is 2.27 bits per heavy atom. The van der Waals surface area contributed by atoms with Crippen LogP contribution in [0.25, 0.3) is 11.2 Å². The molecule has 1 saturated heterocycles. The summed E-state index contributed by atoms with van der Waals surface area (Å²) in [4.78, 5) is 23.5. The van der Waals surface area contributed by atoms with Crippen molar-refractivity contribution in [1.29, 1.82) is 0 Å². The highest BCUT2D eigenvalue weighted by atomic mass is 16.2. The number of nitrogens with zero attached hydrogens (tertiary/aromatic N) is 4. The van der Waals surface area contributed by atoms with E-state index in [1.165, 1.54) is 0 Å². The first-order chi connectivity index (χ1) is 10.6. The number of carbonyl (C=O) groups excluding carboxylic acids is 1. The van der Waals surface area contributed by atoms with Crippen molar-refractivity contribution in [3.8, 4) is 0 Å². The summed E-state index contributed by atoms with van der Waals surface area (Å²) < 4.78 is 2.24. The van der Waals surface area contributed by atoms with E-state index >= 15 is 0 Å². The van der Waals surface area contributed by atoms with Gasteiger partial charge in [-0.1, -0.05) is 20.8 Å². The summed E-state index contributed by atoms with van der Waals surface area (Å²) in [6.45, 7) is 8.64. The van der Waals surface area contributed by atoms with Crippen molar-refractivity contribution in [2.45, 2.75) is 46.1 Å². The monoisotopic (exact) mass is 300 g/mol. The van der Waals surface area contributed by atoms with Gasteiger partial charge in [0.05, 0.1) is 0 Å². The molecular weight excluding hydrogens is 276 g/mol. The Labute approximate surface area is 131 Å². The van der Waals surface area contributed by atoms with Gasteiger partial charge in [-0.15, -0.1) is 0 Å². The summed E-state index contributed by atoms with van der Waals surface area (Å²) in [5, 5.41) is 0. The van der Waals surface area contributed by atoms with Gasteiger partial charge in [0, 0.05) is 37.7 Å². The van der Waals surface area contributed by atoms with Crippen LogP contribution in [-0.2, 0) is 11.3 Å². The molecule has 0 saturated carbocycles. The molecule has 118 valence electrons. The van der Waals surface area contributed by atoms with E-state index < -0.39 is 0 Å². The zero-order valence-electron chi connectivity index (χ0n) is 13.6. The van der Waals surface area contributed by atoms with Crippen LogP contribution in [0.4, 0.5) is 0 Å². The maximum absolute atomic E-state index is 12.2. The molecule has 3 rings (SSSR count). The molecule has 1 aliphatic heterocycles. The number of aryl methyl sites for hydroxylation is 1. The van der Waals surface area contributed by atoms with Crippen molar-refractivity contribution in [3.63, 3.8) is 0 Å². The van der Waals surface area contributed by atoms with Crippen LogP contribution in [0.2, 0.25) is 0 Å². The van der Waals surface area contributed by atoms with Crippen LogP contribution in [0, 0.1) is 5.92 Å². The third-order valence-electron chi connectivity index (χ3n) is 4.34. The second-order valence-corrected chi connectivity index (χ2v) is 6.39. The first kappa shape index (κ1) is 15.0. The number of likely N-dealkylation sites (tertiary alicyclic amines) is 1. The zero-order chi connectivity index (χ0) is 15.7. The van der Waals surface area contributed by atoms with Crippen molar-refractivity contribution in [1.82, 2.24) is 19.4 Å². The Kier molecular flexibility index (Phi) is 4.14. The highest BCUT2D eigenvalue weighted by Crippen LogP contribution is 2.29. The van der Waals surface area contributed by atoms with Crippen molar-refractivity contribution in [2.24, 2.45) is 5.92 Å². The van der Waals surface area contributed by atoms with Gasteiger partial charge in [0.15, 0.2) is 5.65 Å². The third-order valence-corrected chi connectivity index (χ3v) is 4.34. The number of amides is 1. The highest BCUT2D eigenvalue weighted by molar-refractivity contribution is 5.78. The van der Waals surface area contributed by atoms with E-state index in [4.69, 9.17) is 4.98 Å². The van der Waals surface area contributed by atoms with Gasteiger partial charge in [-0.2, -0.15) is 0 Å². The molecule has 0 bridgehead atoms. The predicted octanol–water partition coefficient (Wildman–Crippen LogP) is 2.81. The molecule has 5 heteroatoms. The minimum Gasteiger partial charge on any atom is -0.342 e. The van der Waals surface area contributed by atoms with E-state index in [1.54, 1.807) is 0 Å². The molecular formula is C17H24N4O. The van der Waals surface area contributed by atoms with Gasteiger partial charge < -0.3 is 9.47 Å². The number of imidazole rings is 1. The maximum Gasteiger partial charge on any atom is 0.225 e. The van der Waals surface area contributed by atoms with Crippen LogP contribution in [0.3, 0.4) is 0 Å². The van der Waals surface area contributed by atoms with Crippen LogP contribution in [0.1, 0.15) is 45.4 Å². The smallest absolute Gasteiger partial charge is 0.225 e. The first-order valence-electron chi connectivity index (χ1n) is 8.21. The summed E-state index contributed by atoms with van der Waals surface area (Å²) >= 11 is 0. The summed E-state index contributed by atoms with van der Waals surface area (Å²) in [6, 6.07) is 3.95. The fraction of sp³-hybridized carbons (Fsp3) is 0.588. The Balaban J connectivity index is 1.90. The number of carbonyl (C=O) groups is 1. The second kappa shape index (κ2) is 6.07. The molecule has 0 aliphatic carbocycles. The van der Waals surface area contributed by atoms with Gasteiger partial charge >= 0.3 is 0 Å². The minimum absolute atomic E-state index is 0.0647. The summed E-state index contributed by atoms with van der Waals surface area (Å²) in [5.74, 6) is 1.73. The third kappa shape index (κ3) is 2.60. The first-order valence-corrected chi connectivity index (χ1v) is 8.21. The van der Waals surface area contributed by atoms with E-state index in [1.807, 2.05) is 37.1 Å². The minimum atomic E-state index is 0.0647. The number of aromatic nitrogens is 3. The van der Waals surface area contributed by atoms with Crippen LogP contribution < -0.4 is 0 Å². The lowest BCUT2D eigenvalue weighted by atomic mass is 10.1. The van der Waals surface area contributed by atoms with Gasteiger partial charge in [0.25, 0.3) is 0 Å². The van der Waals surface area contributed by atoms with Gasteiger partial charge in [0.2, 0.25) is 5.91 Å². The van der Waals surface area contributed by atoms with E-state index in [-0.39, 0.29) is 11.8 Å². The number of pyridine rings is 1. The van der Waals surface area contributed by atoms with Crippen molar-refractivity contribution in [2.75, 3.05) is 13.1 Å². The maximum atomic E-state index is 12.2. The number of hydrogen-bond donors (Lipinski definition) is 0. The Bertz CT molecular complexity index is 676. The molecule has 1 aliphatic rings. The standard InChI is InChI=1S/C17H24N4O/c1-4-9-21-15(19-14-6-5-8-18-16(14)21)13-7-10-20(11-13)17(22)12(2)3/h5-6,8,12-13H,4,7,9-11H2,1-3H3/t13-/m0/s1. The van der Waals surface area contributed by atoms with Crippen molar-refractivity contribution in [3.05, 3.63) is 24.2 Å². The average molecular weight is 300 g/mol. The van der Waals surface area contributed by atoms with E-state index in [2.05, 4.69) is 16.5 Å². The summed E-state index contributed by atoms with van der Waals surface area (Å²) in [7, 11) is 0. The molecule has 0 radical (unpaired) electrons. The molecule has 2 aromatic rings. The molecule has 2 aromatic heterocycles. The van der Waals surface area contributed by atoms with Crippen molar-refractivity contribution < 1.29 is 4.79 Å². The summed E-state index contributed by atoms with van der Waals surface area (Å²) in [6.07, 6.45) is 3.87. The number of fused-ring (bicyclic) bond motifs is 1. The quantitative estimate of drug-likeness (QED) is 0.872. The molecule has 22 heavy (non-hydrogen) atoms. The zero-order valence-corrected chi connectivity index (χ0v) is 13.6. The molecule has 0 unspecified atom stereocenters. The van der Waals surface area contributed by atoms with Gasteiger partial charge in [0.1, 0.15) is 11.3 Å². The predicted molar refractivity (Wildman–Crippen MR) is 86.6 cm³/mol. The largest absolute Gasteiger partial charge is 0.342 e. The lowest BCUT2D eigenvalue weighted by Gasteiger charge is -2.19. The number of hydrogen-bond acceptors (Lipinski definition) is 3. The van der Waals surface area contributed by atoms with Crippen LogP contribution in [-0.4, -0.2) is 38.4 Å². The summed E-state index contributed by atoms with van der Waals surface area (Å²) in [5.41, 5.74) is 1.92. The second-order valence-electron chi connectivity index (χ2n) is 6.39. The lowest BCUT2D eigenvalue weighted by molar-refractivity contribution is -0.133. The van der Waals surface area contributed by atoms with E-state index in [9.17, 15) is 4.79 Å². The molecule has 1 amide bonds. The Morgan fingerprint density at radius 3 is 3.00 bits per heavy atom. The normalized spacial score (nSPS) is 18.5. The molecule has 0 spiro atoms. The van der Waals surface area contributed by atoms with Crippen molar-refractivity contribution >= 4 is 17.1 Å². The molecule has 3 heterocycles. The molecule has 0 N–H and O–H groups in total. The topological polar surface area (TPSA) is 51.0 Å². The van der Waals surface area contributed by atoms with E-state index in [0.717, 1.165) is 49.5 Å². The molecule has 5 nitrogen and oxygen atoms in total.